The molecular formula is C11H17N3O2. The van der Waals surface area contributed by atoms with Crippen molar-refractivity contribution >= 4 is 5.78 Å². The summed E-state index contributed by atoms with van der Waals surface area (Å²) in [6.45, 7) is 2.09. The quantitative estimate of drug-likeness (QED) is 0.749. The van der Waals surface area contributed by atoms with Crippen LogP contribution in [0.2, 0.25) is 0 Å². The molecule has 1 saturated heterocycles. The SMILES string of the molecule is Cn1ccc(C(=O)COC2CCNCC2)n1. The van der Waals surface area contributed by atoms with Crippen LogP contribution in [0.4, 0.5) is 0 Å². The van der Waals surface area contributed by atoms with Crippen molar-refractivity contribution in [1.82, 2.24) is 15.1 Å². The van der Waals surface area contributed by atoms with E-state index in [9.17, 15) is 4.79 Å². The molecule has 2 rings (SSSR count). The first kappa shape index (κ1) is 11.3. The van der Waals surface area contributed by atoms with E-state index in [1.54, 1.807) is 24.0 Å². The molecule has 1 aliphatic rings. The number of rotatable bonds is 4. The molecule has 1 fully saturated rings. The maximum atomic E-state index is 11.7. The Balaban J connectivity index is 1.79. The van der Waals surface area contributed by atoms with Crippen LogP contribution in [-0.4, -0.2) is 41.4 Å². The lowest BCUT2D eigenvalue weighted by atomic mass is 10.1. The van der Waals surface area contributed by atoms with Crippen LogP contribution in [0.1, 0.15) is 23.3 Å². The molecule has 0 saturated carbocycles. The lowest BCUT2D eigenvalue weighted by Gasteiger charge is -2.22. The fourth-order valence-corrected chi connectivity index (χ4v) is 1.79. The van der Waals surface area contributed by atoms with Gasteiger partial charge in [-0.3, -0.25) is 9.48 Å². The zero-order valence-corrected chi connectivity index (χ0v) is 9.48. The predicted molar refractivity (Wildman–Crippen MR) is 59.4 cm³/mol. The summed E-state index contributed by atoms with van der Waals surface area (Å²) in [5, 5.41) is 7.31. The Morgan fingerprint density at radius 2 is 2.38 bits per heavy atom. The second kappa shape index (κ2) is 5.23. The topological polar surface area (TPSA) is 56.1 Å². The monoisotopic (exact) mass is 223 g/mol. The number of nitrogens with one attached hydrogen (secondary N) is 1. The van der Waals surface area contributed by atoms with Gasteiger partial charge in [-0.2, -0.15) is 5.10 Å². The summed E-state index contributed by atoms with van der Waals surface area (Å²) in [6, 6.07) is 1.72. The van der Waals surface area contributed by atoms with Crippen molar-refractivity contribution in [1.29, 1.82) is 0 Å². The minimum Gasteiger partial charge on any atom is -0.370 e. The van der Waals surface area contributed by atoms with Crippen molar-refractivity contribution in [2.24, 2.45) is 7.05 Å². The van der Waals surface area contributed by atoms with Gasteiger partial charge in [0.1, 0.15) is 12.3 Å². The van der Waals surface area contributed by atoms with E-state index in [0.29, 0.717) is 5.69 Å². The first-order valence-corrected chi connectivity index (χ1v) is 5.61. The minimum atomic E-state index is -0.0425. The second-order valence-electron chi connectivity index (χ2n) is 4.06. The molecule has 0 spiro atoms. The Morgan fingerprint density at radius 1 is 1.62 bits per heavy atom. The molecule has 5 nitrogen and oxygen atoms in total. The van der Waals surface area contributed by atoms with Crippen LogP contribution in [0.25, 0.3) is 0 Å². The van der Waals surface area contributed by atoms with Gasteiger partial charge in [0.05, 0.1) is 6.10 Å². The number of carbonyl (C=O) groups is 1. The van der Waals surface area contributed by atoms with Gasteiger partial charge >= 0.3 is 0 Å². The van der Waals surface area contributed by atoms with Gasteiger partial charge in [0, 0.05) is 13.2 Å². The average molecular weight is 223 g/mol. The largest absolute Gasteiger partial charge is 0.370 e. The second-order valence-corrected chi connectivity index (χ2v) is 4.06. The van der Waals surface area contributed by atoms with E-state index in [1.165, 1.54) is 0 Å². The van der Waals surface area contributed by atoms with E-state index >= 15 is 0 Å². The van der Waals surface area contributed by atoms with E-state index in [1.807, 2.05) is 0 Å². The van der Waals surface area contributed by atoms with Crippen LogP contribution in [-0.2, 0) is 11.8 Å². The molecule has 0 amide bonds. The molecule has 5 heteroatoms. The van der Waals surface area contributed by atoms with Crippen LogP contribution < -0.4 is 5.32 Å². The van der Waals surface area contributed by atoms with Crippen molar-refractivity contribution in [3.8, 4) is 0 Å². The minimum absolute atomic E-state index is 0.0425. The molecule has 88 valence electrons. The fraction of sp³-hybridized carbons (Fsp3) is 0.636. The van der Waals surface area contributed by atoms with E-state index in [4.69, 9.17) is 4.74 Å². The summed E-state index contributed by atoms with van der Waals surface area (Å²) in [6.07, 6.45) is 3.94. The summed E-state index contributed by atoms with van der Waals surface area (Å²) < 4.78 is 7.19. The number of aromatic nitrogens is 2. The van der Waals surface area contributed by atoms with Gasteiger partial charge in [-0.25, -0.2) is 0 Å². The van der Waals surface area contributed by atoms with E-state index in [-0.39, 0.29) is 18.5 Å². The van der Waals surface area contributed by atoms with Gasteiger partial charge in [0.15, 0.2) is 0 Å². The van der Waals surface area contributed by atoms with Crippen LogP contribution in [0.5, 0.6) is 0 Å². The van der Waals surface area contributed by atoms with Crippen molar-refractivity contribution in [3.63, 3.8) is 0 Å². The molecule has 0 aliphatic carbocycles. The smallest absolute Gasteiger partial charge is 0.208 e. The zero-order chi connectivity index (χ0) is 11.4. The summed E-state index contributed by atoms with van der Waals surface area (Å²) in [4.78, 5) is 11.7. The number of ketones is 1. The standard InChI is InChI=1S/C11H17N3O2/c1-14-7-4-10(13-14)11(15)8-16-9-2-5-12-6-3-9/h4,7,9,12H,2-3,5-6,8H2,1H3. The van der Waals surface area contributed by atoms with Crippen LogP contribution in [0, 0.1) is 0 Å². The van der Waals surface area contributed by atoms with Gasteiger partial charge in [-0.05, 0) is 32.0 Å². The molecule has 1 N–H and O–H groups in total. The average Bonchev–Trinajstić information content (AvgIpc) is 2.74. The molecule has 0 unspecified atom stereocenters. The van der Waals surface area contributed by atoms with Gasteiger partial charge in [-0.1, -0.05) is 0 Å². The third-order valence-corrected chi connectivity index (χ3v) is 2.74. The van der Waals surface area contributed by atoms with Crippen LogP contribution >= 0.6 is 0 Å². The number of hydrogen-bond acceptors (Lipinski definition) is 4. The molecule has 0 aromatic carbocycles. The van der Waals surface area contributed by atoms with Gasteiger partial charge < -0.3 is 10.1 Å². The van der Waals surface area contributed by atoms with Gasteiger partial charge in [-0.15, -0.1) is 0 Å². The lowest BCUT2D eigenvalue weighted by molar-refractivity contribution is 0.0314. The Bertz CT molecular complexity index is 356. The summed E-state index contributed by atoms with van der Waals surface area (Å²) in [5.74, 6) is -0.0425. The third kappa shape index (κ3) is 2.90. The number of piperidine rings is 1. The highest BCUT2D eigenvalue weighted by molar-refractivity contribution is 5.95. The van der Waals surface area contributed by atoms with E-state index in [0.717, 1.165) is 25.9 Å². The number of hydrogen-bond donors (Lipinski definition) is 1. The van der Waals surface area contributed by atoms with Crippen molar-refractivity contribution in [2.75, 3.05) is 19.7 Å². The maximum Gasteiger partial charge on any atom is 0.208 e. The van der Waals surface area contributed by atoms with Crippen LogP contribution in [0.15, 0.2) is 12.3 Å². The summed E-state index contributed by atoms with van der Waals surface area (Å²) in [5.41, 5.74) is 0.483. The molecule has 1 aliphatic heterocycles. The number of carbonyl (C=O) groups excluding carboxylic acids is 1. The molecule has 2 heterocycles. The number of ether oxygens (including phenoxy) is 1. The fourth-order valence-electron chi connectivity index (χ4n) is 1.79. The first-order chi connectivity index (χ1) is 7.75. The normalized spacial score (nSPS) is 17.6. The van der Waals surface area contributed by atoms with Gasteiger partial charge in [0.2, 0.25) is 5.78 Å². The first-order valence-electron chi connectivity index (χ1n) is 5.61. The maximum absolute atomic E-state index is 11.7. The van der Waals surface area contributed by atoms with Crippen molar-refractivity contribution in [3.05, 3.63) is 18.0 Å². The highest BCUT2D eigenvalue weighted by Gasteiger charge is 2.16. The summed E-state index contributed by atoms with van der Waals surface area (Å²) >= 11 is 0. The Morgan fingerprint density at radius 3 is 3.00 bits per heavy atom. The molecule has 1 aromatic heterocycles. The zero-order valence-electron chi connectivity index (χ0n) is 9.48. The Labute approximate surface area is 94.8 Å². The van der Waals surface area contributed by atoms with E-state index in [2.05, 4.69) is 10.4 Å². The molecule has 0 radical (unpaired) electrons. The molecule has 16 heavy (non-hydrogen) atoms. The highest BCUT2D eigenvalue weighted by atomic mass is 16.5. The van der Waals surface area contributed by atoms with Crippen molar-refractivity contribution < 1.29 is 9.53 Å². The lowest BCUT2D eigenvalue weighted by Crippen LogP contribution is -2.33. The molecule has 0 bridgehead atoms. The Kier molecular flexibility index (Phi) is 3.69. The number of nitrogens with zero attached hydrogens (tertiary/aromatic N) is 2. The van der Waals surface area contributed by atoms with Crippen molar-refractivity contribution in [2.45, 2.75) is 18.9 Å². The predicted octanol–water partition coefficient (Wildman–Crippen LogP) is 0.371. The van der Waals surface area contributed by atoms with Gasteiger partial charge in [0.25, 0.3) is 0 Å². The summed E-state index contributed by atoms with van der Waals surface area (Å²) in [7, 11) is 1.80. The molecular weight excluding hydrogens is 206 g/mol. The highest BCUT2D eigenvalue weighted by Crippen LogP contribution is 2.08. The molecule has 0 atom stereocenters. The number of Topliss-reactive ketones (excluding diaryl/α,β-unsaturated/α-hetero) is 1. The third-order valence-electron chi connectivity index (χ3n) is 2.74. The van der Waals surface area contributed by atoms with Crippen LogP contribution in [0.3, 0.4) is 0 Å². The molecule has 1 aromatic rings. The Hall–Kier alpha value is -1.20. The van der Waals surface area contributed by atoms with E-state index < -0.39 is 0 Å². The number of aryl methyl sites for hydroxylation is 1.